The number of halogens is 2. The number of rotatable bonds is 4. The first-order valence-corrected chi connectivity index (χ1v) is 6.18. The molecule has 1 aromatic carbocycles. The minimum Gasteiger partial charge on any atom is -0.382 e. The summed E-state index contributed by atoms with van der Waals surface area (Å²) in [6, 6.07) is 6.72. The van der Waals surface area contributed by atoms with Gasteiger partial charge in [-0.05, 0) is 12.1 Å². The minimum atomic E-state index is -1.44. The Labute approximate surface area is 120 Å². The molecule has 0 aliphatic heterocycles. The van der Waals surface area contributed by atoms with E-state index in [1.165, 1.54) is 23.4 Å². The monoisotopic (exact) mass is 296 g/mol. The van der Waals surface area contributed by atoms with Gasteiger partial charge >= 0.3 is 0 Å². The predicted molar refractivity (Wildman–Crippen MR) is 70.6 cm³/mol. The van der Waals surface area contributed by atoms with Gasteiger partial charge in [0.05, 0.1) is 19.0 Å². The summed E-state index contributed by atoms with van der Waals surface area (Å²) in [5.41, 5.74) is -1.000. The summed E-state index contributed by atoms with van der Waals surface area (Å²) in [7, 11) is 0. The van der Waals surface area contributed by atoms with Gasteiger partial charge in [-0.15, -0.1) is 0 Å². The van der Waals surface area contributed by atoms with Crippen molar-refractivity contribution < 1.29 is 5.11 Å². The van der Waals surface area contributed by atoms with Crippen LogP contribution in [-0.4, -0.2) is 19.9 Å². The fourth-order valence-corrected chi connectivity index (χ4v) is 2.40. The molecule has 0 bridgehead atoms. The van der Waals surface area contributed by atoms with Crippen molar-refractivity contribution in [3.63, 3.8) is 0 Å². The van der Waals surface area contributed by atoms with Crippen LogP contribution < -0.4 is 0 Å². The lowest BCUT2D eigenvalue weighted by Crippen LogP contribution is -2.31. The Balaban J connectivity index is 2.41. The van der Waals surface area contributed by atoms with Crippen LogP contribution in [0.1, 0.15) is 12.0 Å². The Morgan fingerprint density at radius 1 is 1.42 bits per heavy atom. The molecular weight excluding hydrogens is 287 g/mol. The Morgan fingerprint density at radius 2 is 2.21 bits per heavy atom. The molecule has 0 spiro atoms. The number of aliphatic hydroxyl groups is 1. The van der Waals surface area contributed by atoms with Gasteiger partial charge in [-0.2, -0.15) is 10.4 Å². The molecule has 1 unspecified atom stereocenters. The van der Waals surface area contributed by atoms with E-state index in [9.17, 15) is 5.11 Å². The lowest BCUT2D eigenvalue weighted by Gasteiger charge is -2.26. The maximum atomic E-state index is 10.7. The summed E-state index contributed by atoms with van der Waals surface area (Å²) in [6.07, 6.45) is 2.71. The topological polar surface area (TPSA) is 74.7 Å². The molecule has 0 radical (unpaired) electrons. The third kappa shape index (κ3) is 3.04. The van der Waals surface area contributed by atoms with Crippen LogP contribution in [0.5, 0.6) is 0 Å². The molecule has 98 valence electrons. The minimum absolute atomic E-state index is 0.0852. The van der Waals surface area contributed by atoms with Crippen molar-refractivity contribution in [2.75, 3.05) is 0 Å². The van der Waals surface area contributed by atoms with E-state index in [1.807, 2.05) is 6.07 Å². The van der Waals surface area contributed by atoms with Crippen LogP contribution in [0.2, 0.25) is 10.0 Å². The fourth-order valence-electron chi connectivity index (χ4n) is 1.82. The number of aromatic nitrogens is 3. The van der Waals surface area contributed by atoms with Gasteiger partial charge in [-0.1, -0.05) is 29.3 Å². The summed E-state index contributed by atoms with van der Waals surface area (Å²) < 4.78 is 1.45. The molecule has 0 saturated carbocycles. The smallest absolute Gasteiger partial charge is 0.137 e. The molecule has 0 fully saturated rings. The first-order valence-electron chi connectivity index (χ1n) is 5.42. The normalized spacial score (nSPS) is 13.8. The molecule has 5 nitrogen and oxygen atoms in total. The van der Waals surface area contributed by atoms with Gasteiger partial charge in [-0.3, -0.25) is 0 Å². The highest BCUT2D eigenvalue weighted by Crippen LogP contribution is 2.33. The Hall–Kier alpha value is -1.61. The van der Waals surface area contributed by atoms with Crippen LogP contribution in [0.3, 0.4) is 0 Å². The molecule has 19 heavy (non-hydrogen) atoms. The van der Waals surface area contributed by atoms with Crippen LogP contribution in [-0.2, 0) is 12.1 Å². The summed E-state index contributed by atoms with van der Waals surface area (Å²) in [6.45, 7) is 0.0852. The third-order valence-electron chi connectivity index (χ3n) is 2.69. The molecule has 1 atom stereocenters. The van der Waals surface area contributed by atoms with E-state index in [0.29, 0.717) is 15.6 Å². The molecule has 2 aromatic rings. The molecule has 0 amide bonds. The fraction of sp³-hybridized carbons (Fsp3) is 0.250. The van der Waals surface area contributed by atoms with Crippen molar-refractivity contribution in [2.24, 2.45) is 0 Å². The molecule has 2 rings (SSSR count). The van der Waals surface area contributed by atoms with Crippen LogP contribution in [0.4, 0.5) is 0 Å². The number of hydrogen-bond donors (Lipinski definition) is 1. The van der Waals surface area contributed by atoms with Crippen LogP contribution in [0.25, 0.3) is 0 Å². The molecule has 1 heterocycles. The van der Waals surface area contributed by atoms with Gasteiger partial charge in [0.2, 0.25) is 0 Å². The summed E-state index contributed by atoms with van der Waals surface area (Å²) >= 11 is 11.9. The Kier molecular flexibility index (Phi) is 4.05. The van der Waals surface area contributed by atoms with Gasteiger partial charge < -0.3 is 5.11 Å². The highest BCUT2D eigenvalue weighted by Gasteiger charge is 2.32. The average molecular weight is 297 g/mol. The van der Waals surface area contributed by atoms with Gasteiger partial charge in [-0.25, -0.2) is 9.67 Å². The second-order valence-corrected chi connectivity index (χ2v) is 4.93. The standard InChI is InChI=1S/C12H10Cl2N4O/c13-9-1-2-10(11(14)5-9)12(19,3-4-15)6-18-8-16-7-17-18/h1-2,5,7-8,19H,3,6H2. The third-order valence-corrected chi connectivity index (χ3v) is 3.24. The molecule has 0 aliphatic rings. The molecule has 0 saturated heterocycles. The zero-order chi connectivity index (χ0) is 13.9. The SMILES string of the molecule is N#CCC(O)(Cn1cncn1)c1ccc(Cl)cc1Cl. The summed E-state index contributed by atoms with van der Waals surface area (Å²) in [4.78, 5) is 3.80. The quantitative estimate of drug-likeness (QED) is 0.940. The average Bonchev–Trinajstić information content (AvgIpc) is 2.81. The zero-order valence-corrected chi connectivity index (χ0v) is 11.3. The van der Waals surface area contributed by atoms with Crippen molar-refractivity contribution >= 4 is 23.2 Å². The van der Waals surface area contributed by atoms with E-state index < -0.39 is 5.60 Å². The van der Waals surface area contributed by atoms with Crippen molar-refractivity contribution in [1.29, 1.82) is 5.26 Å². The highest BCUT2D eigenvalue weighted by atomic mass is 35.5. The second kappa shape index (κ2) is 5.57. The molecule has 0 aliphatic carbocycles. The van der Waals surface area contributed by atoms with E-state index in [1.54, 1.807) is 12.1 Å². The second-order valence-electron chi connectivity index (χ2n) is 4.08. The maximum absolute atomic E-state index is 10.7. The van der Waals surface area contributed by atoms with E-state index in [2.05, 4.69) is 10.1 Å². The van der Waals surface area contributed by atoms with E-state index >= 15 is 0 Å². The lowest BCUT2D eigenvalue weighted by molar-refractivity contribution is 0.0196. The highest BCUT2D eigenvalue weighted by molar-refractivity contribution is 6.35. The number of benzene rings is 1. The van der Waals surface area contributed by atoms with Crippen molar-refractivity contribution in [3.8, 4) is 6.07 Å². The van der Waals surface area contributed by atoms with Crippen LogP contribution in [0, 0.1) is 11.3 Å². The summed E-state index contributed by atoms with van der Waals surface area (Å²) in [5, 5.41) is 24.3. The molecule has 1 N–H and O–H groups in total. The molecule has 1 aromatic heterocycles. The molecular formula is C12H10Cl2N4O. The number of hydrogen-bond acceptors (Lipinski definition) is 4. The number of nitriles is 1. The zero-order valence-electron chi connectivity index (χ0n) is 9.79. The lowest BCUT2D eigenvalue weighted by atomic mass is 9.91. The predicted octanol–water partition coefficient (Wildman–Crippen LogP) is 2.39. The van der Waals surface area contributed by atoms with E-state index in [4.69, 9.17) is 28.5 Å². The van der Waals surface area contributed by atoms with Crippen LogP contribution in [0.15, 0.2) is 30.9 Å². The van der Waals surface area contributed by atoms with Gasteiger partial charge in [0, 0.05) is 15.6 Å². The van der Waals surface area contributed by atoms with Crippen molar-refractivity contribution in [3.05, 3.63) is 46.5 Å². The number of nitrogens with zero attached hydrogens (tertiary/aromatic N) is 4. The maximum Gasteiger partial charge on any atom is 0.137 e. The first kappa shape index (κ1) is 13.8. The summed E-state index contributed by atoms with van der Waals surface area (Å²) in [5.74, 6) is 0. The van der Waals surface area contributed by atoms with Crippen molar-refractivity contribution in [1.82, 2.24) is 14.8 Å². The Morgan fingerprint density at radius 3 is 2.79 bits per heavy atom. The van der Waals surface area contributed by atoms with E-state index in [0.717, 1.165) is 0 Å². The molecule has 7 heteroatoms. The van der Waals surface area contributed by atoms with Gasteiger partial charge in [0.1, 0.15) is 18.3 Å². The van der Waals surface area contributed by atoms with E-state index in [-0.39, 0.29) is 13.0 Å². The largest absolute Gasteiger partial charge is 0.382 e. The van der Waals surface area contributed by atoms with Gasteiger partial charge in [0.15, 0.2) is 0 Å². The van der Waals surface area contributed by atoms with Crippen molar-refractivity contribution in [2.45, 2.75) is 18.6 Å². The Bertz CT molecular complexity index is 609. The van der Waals surface area contributed by atoms with Crippen LogP contribution >= 0.6 is 23.2 Å². The first-order chi connectivity index (χ1) is 9.05. The van der Waals surface area contributed by atoms with Gasteiger partial charge in [0.25, 0.3) is 0 Å².